The third-order valence-electron chi connectivity index (χ3n) is 2.64. The van der Waals surface area contributed by atoms with Gasteiger partial charge in [0, 0.05) is 11.9 Å². The van der Waals surface area contributed by atoms with Gasteiger partial charge in [0.25, 0.3) is 11.8 Å². The maximum Gasteiger partial charge on any atom is 0.257 e. The molecule has 18 heavy (non-hydrogen) atoms. The van der Waals surface area contributed by atoms with Gasteiger partial charge in [0.2, 0.25) is 0 Å². The summed E-state index contributed by atoms with van der Waals surface area (Å²) in [5.41, 5.74) is 7.25. The van der Waals surface area contributed by atoms with Crippen molar-refractivity contribution in [3.8, 4) is 0 Å². The predicted octanol–water partition coefficient (Wildman–Crippen LogP) is 1.67. The molecule has 2 rings (SSSR count). The van der Waals surface area contributed by atoms with Gasteiger partial charge in [0.05, 0.1) is 16.8 Å². The Balaban J connectivity index is 2.28. The van der Waals surface area contributed by atoms with Crippen LogP contribution < -0.4 is 11.1 Å². The monoisotopic (exact) mass is 243 g/mol. The van der Waals surface area contributed by atoms with Crippen LogP contribution in [0.25, 0.3) is 0 Å². The summed E-state index contributed by atoms with van der Waals surface area (Å²) >= 11 is 0. The van der Waals surface area contributed by atoms with Crippen LogP contribution in [-0.2, 0) is 0 Å². The van der Waals surface area contributed by atoms with E-state index < -0.39 is 5.91 Å². The molecule has 2 aromatic rings. The summed E-state index contributed by atoms with van der Waals surface area (Å²) in [6, 6.07) is 8.31. The second kappa shape index (κ2) is 4.75. The van der Waals surface area contributed by atoms with Gasteiger partial charge >= 0.3 is 0 Å². The standard InChI is InChI=1S/C13H13N3O2/c1-8-9(6-7-15-8)13(18)16-11-5-3-2-4-10(11)12(14)17/h2-7,15H,1H3,(H2,14,17)(H,16,18). The van der Waals surface area contributed by atoms with Gasteiger partial charge in [-0.05, 0) is 25.1 Å². The maximum atomic E-state index is 12.0. The van der Waals surface area contributed by atoms with E-state index in [1.807, 2.05) is 0 Å². The zero-order chi connectivity index (χ0) is 13.1. The van der Waals surface area contributed by atoms with Crippen LogP contribution in [-0.4, -0.2) is 16.8 Å². The number of aromatic amines is 1. The largest absolute Gasteiger partial charge is 0.366 e. The molecule has 5 nitrogen and oxygen atoms in total. The second-order valence-corrected chi connectivity index (χ2v) is 3.88. The van der Waals surface area contributed by atoms with Crippen molar-refractivity contribution < 1.29 is 9.59 Å². The zero-order valence-electron chi connectivity index (χ0n) is 9.86. The average Bonchev–Trinajstić information content (AvgIpc) is 2.76. The van der Waals surface area contributed by atoms with E-state index in [4.69, 9.17) is 5.73 Å². The second-order valence-electron chi connectivity index (χ2n) is 3.88. The van der Waals surface area contributed by atoms with E-state index in [9.17, 15) is 9.59 Å². The molecule has 92 valence electrons. The highest BCUT2D eigenvalue weighted by molar-refractivity contribution is 6.09. The number of primary amides is 1. The van der Waals surface area contributed by atoms with Crippen LogP contribution in [0.3, 0.4) is 0 Å². The lowest BCUT2D eigenvalue weighted by atomic mass is 10.1. The fourth-order valence-corrected chi connectivity index (χ4v) is 1.70. The van der Waals surface area contributed by atoms with Crippen molar-refractivity contribution in [3.05, 3.63) is 53.3 Å². The quantitative estimate of drug-likeness (QED) is 0.765. The number of para-hydroxylation sites is 1. The minimum absolute atomic E-state index is 0.276. The fraction of sp³-hybridized carbons (Fsp3) is 0.0769. The molecule has 0 atom stereocenters. The molecule has 4 N–H and O–H groups in total. The number of rotatable bonds is 3. The number of nitrogens with two attached hydrogens (primary N) is 1. The summed E-state index contributed by atoms with van der Waals surface area (Å²) in [7, 11) is 0. The molecule has 1 aromatic carbocycles. The molecular formula is C13H13N3O2. The van der Waals surface area contributed by atoms with E-state index in [0.717, 1.165) is 5.69 Å². The normalized spacial score (nSPS) is 10.1. The number of anilines is 1. The number of amides is 2. The molecular weight excluding hydrogens is 230 g/mol. The number of carbonyl (C=O) groups is 2. The number of hydrogen-bond donors (Lipinski definition) is 3. The van der Waals surface area contributed by atoms with Crippen LogP contribution in [0.1, 0.15) is 26.4 Å². The van der Waals surface area contributed by atoms with Crippen molar-refractivity contribution in [2.75, 3.05) is 5.32 Å². The van der Waals surface area contributed by atoms with E-state index in [1.54, 1.807) is 43.5 Å². The van der Waals surface area contributed by atoms with Crippen LogP contribution in [0, 0.1) is 6.92 Å². The molecule has 0 bridgehead atoms. The minimum Gasteiger partial charge on any atom is -0.366 e. The van der Waals surface area contributed by atoms with Crippen molar-refractivity contribution >= 4 is 17.5 Å². The molecule has 0 saturated carbocycles. The number of benzene rings is 1. The number of nitrogens with one attached hydrogen (secondary N) is 2. The molecule has 0 aliphatic carbocycles. The number of aromatic nitrogens is 1. The Morgan fingerprint density at radius 3 is 2.50 bits per heavy atom. The van der Waals surface area contributed by atoms with Gasteiger partial charge in [0.15, 0.2) is 0 Å². The first-order valence-electron chi connectivity index (χ1n) is 5.43. The first-order chi connectivity index (χ1) is 8.59. The summed E-state index contributed by atoms with van der Waals surface area (Å²) < 4.78 is 0. The Labute approximate surface area is 104 Å². The van der Waals surface area contributed by atoms with E-state index >= 15 is 0 Å². The van der Waals surface area contributed by atoms with Crippen LogP contribution >= 0.6 is 0 Å². The number of H-pyrrole nitrogens is 1. The molecule has 5 heteroatoms. The summed E-state index contributed by atoms with van der Waals surface area (Å²) in [4.78, 5) is 26.1. The lowest BCUT2D eigenvalue weighted by molar-refractivity contribution is 0.100. The first kappa shape index (κ1) is 11.9. The maximum absolute atomic E-state index is 12.0. The van der Waals surface area contributed by atoms with Gasteiger partial charge in [-0.25, -0.2) is 0 Å². The molecule has 0 saturated heterocycles. The summed E-state index contributed by atoms with van der Waals surface area (Å²) in [6.07, 6.45) is 1.68. The Bertz CT molecular complexity index is 602. The lowest BCUT2D eigenvalue weighted by Crippen LogP contribution is -2.18. The topological polar surface area (TPSA) is 88.0 Å². The Hall–Kier alpha value is -2.56. The first-order valence-corrected chi connectivity index (χ1v) is 5.43. The highest BCUT2D eigenvalue weighted by atomic mass is 16.2. The van der Waals surface area contributed by atoms with E-state index in [0.29, 0.717) is 16.8 Å². The minimum atomic E-state index is -0.573. The van der Waals surface area contributed by atoms with Crippen molar-refractivity contribution in [3.63, 3.8) is 0 Å². The number of aryl methyl sites for hydroxylation is 1. The smallest absolute Gasteiger partial charge is 0.257 e. The van der Waals surface area contributed by atoms with Crippen LogP contribution in [0.4, 0.5) is 5.69 Å². The molecule has 0 spiro atoms. The SMILES string of the molecule is Cc1[nH]ccc1C(=O)Nc1ccccc1C(N)=O. The molecule has 2 amide bonds. The van der Waals surface area contributed by atoms with Crippen LogP contribution in [0.5, 0.6) is 0 Å². The molecule has 1 aromatic heterocycles. The predicted molar refractivity (Wildman–Crippen MR) is 68.4 cm³/mol. The Kier molecular flexibility index (Phi) is 3.14. The molecule has 0 fully saturated rings. The van der Waals surface area contributed by atoms with Gasteiger partial charge in [-0.2, -0.15) is 0 Å². The van der Waals surface area contributed by atoms with Gasteiger partial charge in [-0.1, -0.05) is 12.1 Å². The van der Waals surface area contributed by atoms with Gasteiger partial charge in [-0.3, -0.25) is 9.59 Å². The molecule has 1 heterocycles. The molecule has 0 aliphatic heterocycles. The van der Waals surface area contributed by atoms with Gasteiger partial charge in [0.1, 0.15) is 0 Å². The third-order valence-corrected chi connectivity index (χ3v) is 2.64. The van der Waals surface area contributed by atoms with E-state index in [2.05, 4.69) is 10.3 Å². The Morgan fingerprint density at radius 1 is 1.17 bits per heavy atom. The Morgan fingerprint density at radius 2 is 1.89 bits per heavy atom. The summed E-state index contributed by atoms with van der Waals surface area (Å²) in [6.45, 7) is 1.80. The highest BCUT2D eigenvalue weighted by Crippen LogP contribution is 2.16. The van der Waals surface area contributed by atoms with Crippen LogP contribution in [0.15, 0.2) is 36.5 Å². The van der Waals surface area contributed by atoms with Gasteiger partial charge in [-0.15, -0.1) is 0 Å². The number of hydrogen-bond acceptors (Lipinski definition) is 2. The van der Waals surface area contributed by atoms with Crippen LogP contribution in [0.2, 0.25) is 0 Å². The summed E-state index contributed by atoms with van der Waals surface area (Å²) in [5.74, 6) is -0.848. The third kappa shape index (κ3) is 2.24. The zero-order valence-corrected chi connectivity index (χ0v) is 9.86. The molecule has 0 radical (unpaired) electrons. The average molecular weight is 243 g/mol. The molecule has 0 aliphatic rings. The van der Waals surface area contributed by atoms with E-state index in [-0.39, 0.29) is 5.91 Å². The van der Waals surface area contributed by atoms with Gasteiger partial charge < -0.3 is 16.0 Å². The van der Waals surface area contributed by atoms with E-state index in [1.165, 1.54) is 0 Å². The number of carbonyl (C=O) groups excluding carboxylic acids is 2. The highest BCUT2D eigenvalue weighted by Gasteiger charge is 2.13. The van der Waals surface area contributed by atoms with Crippen molar-refractivity contribution in [1.29, 1.82) is 0 Å². The van der Waals surface area contributed by atoms with Crippen molar-refractivity contribution in [1.82, 2.24) is 4.98 Å². The molecule has 0 unspecified atom stereocenters. The fourth-order valence-electron chi connectivity index (χ4n) is 1.70. The van der Waals surface area contributed by atoms with Crippen molar-refractivity contribution in [2.45, 2.75) is 6.92 Å². The lowest BCUT2D eigenvalue weighted by Gasteiger charge is -2.08. The summed E-state index contributed by atoms with van der Waals surface area (Å²) in [5, 5.41) is 2.68. The van der Waals surface area contributed by atoms with Crippen molar-refractivity contribution in [2.24, 2.45) is 5.73 Å².